The van der Waals surface area contributed by atoms with Crippen molar-refractivity contribution in [2.24, 2.45) is 11.1 Å². The molecule has 1 saturated heterocycles. The van der Waals surface area contributed by atoms with E-state index >= 15 is 0 Å². The highest BCUT2D eigenvalue weighted by molar-refractivity contribution is 5.29. The normalized spacial score (nSPS) is 25.1. The summed E-state index contributed by atoms with van der Waals surface area (Å²) in [6.45, 7) is 4.24. The molecule has 1 heterocycles. The molecule has 1 aromatic carbocycles. The van der Waals surface area contributed by atoms with Gasteiger partial charge in [-0.3, -0.25) is 4.90 Å². The molecule has 20 heavy (non-hydrogen) atoms. The van der Waals surface area contributed by atoms with Crippen LogP contribution < -0.4 is 10.5 Å². The molecule has 0 aromatic heterocycles. The monoisotopic (exact) mass is 284 g/mol. The van der Waals surface area contributed by atoms with Gasteiger partial charge in [-0.1, -0.05) is 19.1 Å². The first-order valence-electron chi connectivity index (χ1n) is 6.92. The summed E-state index contributed by atoms with van der Waals surface area (Å²) in [6, 6.07) is 7.14. The van der Waals surface area contributed by atoms with Gasteiger partial charge in [0.05, 0.1) is 0 Å². The molecule has 0 saturated carbocycles. The minimum atomic E-state index is -2.78. The Bertz CT molecular complexity index is 438. The molecule has 1 aliphatic heterocycles. The van der Waals surface area contributed by atoms with E-state index in [1.165, 1.54) is 0 Å². The first-order valence-corrected chi connectivity index (χ1v) is 6.92. The number of hydrogen-bond acceptors (Lipinski definition) is 3. The largest absolute Gasteiger partial charge is 0.435 e. The number of ether oxygens (including phenoxy) is 1. The number of nitrogens with two attached hydrogens (primary N) is 1. The first-order chi connectivity index (χ1) is 9.43. The minimum Gasteiger partial charge on any atom is -0.435 e. The summed E-state index contributed by atoms with van der Waals surface area (Å²) in [5.41, 5.74) is 7.11. The van der Waals surface area contributed by atoms with E-state index in [9.17, 15) is 8.78 Å². The highest BCUT2D eigenvalue weighted by atomic mass is 19.3. The first kappa shape index (κ1) is 15.2. The Kier molecular flexibility index (Phi) is 4.60. The van der Waals surface area contributed by atoms with Crippen LogP contribution in [-0.2, 0) is 0 Å². The molecule has 2 rings (SSSR count). The van der Waals surface area contributed by atoms with Gasteiger partial charge >= 0.3 is 6.61 Å². The van der Waals surface area contributed by atoms with E-state index in [0.717, 1.165) is 25.1 Å². The fourth-order valence-electron chi connectivity index (χ4n) is 2.70. The van der Waals surface area contributed by atoms with Crippen LogP contribution in [0.4, 0.5) is 8.78 Å². The lowest BCUT2D eigenvalue weighted by molar-refractivity contribution is -0.0498. The van der Waals surface area contributed by atoms with E-state index in [0.29, 0.717) is 6.54 Å². The molecule has 1 aliphatic rings. The summed E-state index contributed by atoms with van der Waals surface area (Å²) in [4.78, 5) is 2.38. The molecule has 2 atom stereocenters. The molecule has 5 heteroatoms. The topological polar surface area (TPSA) is 38.5 Å². The molecule has 0 spiro atoms. The molecular weight excluding hydrogens is 262 g/mol. The Morgan fingerprint density at radius 3 is 2.50 bits per heavy atom. The zero-order valence-corrected chi connectivity index (χ0v) is 12.0. The van der Waals surface area contributed by atoms with Crippen LogP contribution in [-0.4, -0.2) is 31.1 Å². The van der Waals surface area contributed by atoms with Crippen molar-refractivity contribution in [3.05, 3.63) is 29.8 Å². The van der Waals surface area contributed by atoms with E-state index in [4.69, 9.17) is 5.73 Å². The molecule has 0 aliphatic carbocycles. The lowest BCUT2D eigenvalue weighted by atomic mass is 9.90. The Morgan fingerprint density at radius 1 is 1.35 bits per heavy atom. The Labute approximate surface area is 118 Å². The Hall–Kier alpha value is -1.20. The molecule has 2 unspecified atom stereocenters. The maximum absolute atomic E-state index is 12.1. The Morgan fingerprint density at radius 2 is 2.00 bits per heavy atom. The highest BCUT2D eigenvalue weighted by Gasteiger charge is 2.34. The number of rotatable bonds is 5. The lowest BCUT2D eigenvalue weighted by Crippen LogP contribution is -2.32. The van der Waals surface area contributed by atoms with Crippen LogP contribution in [0.1, 0.15) is 31.9 Å². The maximum Gasteiger partial charge on any atom is 0.387 e. The summed E-state index contributed by atoms with van der Waals surface area (Å²) in [5, 5.41) is 0. The van der Waals surface area contributed by atoms with Crippen molar-refractivity contribution in [1.29, 1.82) is 0 Å². The number of nitrogens with zero attached hydrogens (tertiary/aromatic N) is 1. The van der Waals surface area contributed by atoms with Crippen molar-refractivity contribution in [2.45, 2.75) is 32.9 Å². The third-order valence-electron chi connectivity index (χ3n) is 4.22. The standard InChI is InChI=1S/C15H22F2N2O/c1-11(19-8-7-15(2,9-18)10-19)12-3-5-13(6-4-12)20-14(16)17/h3-6,11,14H,7-10,18H2,1-2H3. The van der Waals surface area contributed by atoms with Crippen molar-refractivity contribution in [3.63, 3.8) is 0 Å². The van der Waals surface area contributed by atoms with Crippen molar-refractivity contribution in [2.75, 3.05) is 19.6 Å². The third kappa shape index (κ3) is 3.46. The van der Waals surface area contributed by atoms with Gasteiger partial charge in [-0.05, 0) is 49.5 Å². The lowest BCUT2D eigenvalue weighted by Gasteiger charge is -2.27. The second-order valence-electron chi connectivity index (χ2n) is 5.86. The summed E-state index contributed by atoms with van der Waals surface area (Å²) < 4.78 is 28.6. The minimum absolute atomic E-state index is 0.187. The van der Waals surface area contributed by atoms with Gasteiger partial charge in [0, 0.05) is 12.6 Å². The quantitative estimate of drug-likeness (QED) is 0.903. The van der Waals surface area contributed by atoms with Crippen LogP contribution in [0, 0.1) is 5.41 Å². The summed E-state index contributed by atoms with van der Waals surface area (Å²) in [6.07, 6.45) is 1.10. The average Bonchev–Trinajstić information content (AvgIpc) is 2.82. The summed E-state index contributed by atoms with van der Waals surface area (Å²) in [7, 11) is 0. The average molecular weight is 284 g/mol. The molecule has 0 amide bonds. The zero-order valence-electron chi connectivity index (χ0n) is 12.0. The number of hydrogen-bond donors (Lipinski definition) is 1. The van der Waals surface area contributed by atoms with Gasteiger partial charge in [0.15, 0.2) is 0 Å². The van der Waals surface area contributed by atoms with Gasteiger partial charge in [-0.2, -0.15) is 8.78 Å². The van der Waals surface area contributed by atoms with Crippen LogP contribution in [0.25, 0.3) is 0 Å². The molecule has 1 aromatic rings. The molecule has 0 bridgehead atoms. The maximum atomic E-state index is 12.1. The molecule has 2 N–H and O–H groups in total. The predicted molar refractivity (Wildman–Crippen MR) is 74.8 cm³/mol. The third-order valence-corrected chi connectivity index (χ3v) is 4.22. The van der Waals surface area contributed by atoms with Gasteiger partial charge in [-0.15, -0.1) is 0 Å². The summed E-state index contributed by atoms with van der Waals surface area (Å²) in [5.74, 6) is 0.198. The summed E-state index contributed by atoms with van der Waals surface area (Å²) >= 11 is 0. The van der Waals surface area contributed by atoms with E-state index < -0.39 is 6.61 Å². The Balaban J connectivity index is 2.01. The zero-order chi connectivity index (χ0) is 14.8. The number of benzene rings is 1. The number of likely N-dealkylation sites (tertiary alicyclic amines) is 1. The van der Waals surface area contributed by atoms with Crippen molar-refractivity contribution >= 4 is 0 Å². The van der Waals surface area contributed by atoms with Crippen LogP contribution in [0.5, 0.6) is 5.75 Å². The van der Waals surface area contributed by atoms with Crippen molar-refractivity contribution in [3.8, 4) is 5.75 Å². The highest BCUT2D eigenvalue weighted by Crippen LogP contribution is 2.34. The van der Waals surface area contributed by atoms with Crippen LogP contribution in [0.2, 0.25) is 0 Å². The smallest absolute Gasteiger partial charge is 0.387 e. The van der Waals surface area contributed by atoms with Crippen LogP contribution >= 0.6 is 0 Å². The number of alkyl halides is 2. The molecule has 112 valence electrons. The van der Waals surface area contributed by atoms with E-state index in [1.807, 2.05) is 12.1 Å². The SMILES string of the molecule is CC(c1ccc(OC(F)F)cc1)N1CCC(C)(CN)C1. The molecular formula is C15H22F2N2O. The van der Waals surface area contributed by atoms with Crippen molar-refractivity contribution in [1.82, 2.24) is 4.90 Å². The van der Waals surface area contributed by atoms with Gasteiger partial charge in [-0.25, -0.2) is 0 Å². The van der Waals surface area contributed by atoms with E-state index in [2.05, 4.69) is 23.5 Å². The fraction of sp³-hybridized carbons (Fsp3) is 0.600. The van der Waals surface area contributed by atoms with Gasteiger partial charge in [0.2, 0.25) is 0 Å². The second-order valence-corrected chi connectivity index (χ2v) is 5.86. The fourth-order valence-corrected chi connectivity index (χ4v) is 2.70. The van der Waals surface area contributed by atoms with E-state index in [1.54, 1.807) is 12.1 Å². The van der Waals surface area contributed by atoms with Crippen molar-refractivity contribution < 1.29 is 13.5 Å². The predicted octanol–water partition coefficient (Wildman–Crippen LogP) is 3.02. The molecule has 1 fully saturated rings. The van der Waals surface area contributed by atoms with Crippen LogP contribution in [0.3, 0.4) is 0 Å². The van der Waals surface area contributed by atoms with Gasteiger partial charge in [0.1, 0.15) is 5.75 Å². The second kappa shape index (κ2) is 6.06. The van der Waals surface area contributed by atoms with Crippen LogP contribution in [0.15, 0.2) is 24.3 Å². The number of halogens is 2. The van der Waals surface area contributed by atoms with Gasteiger partial charge < -0.3 is 10.5 Å². The van der Waals surface area contributed by atoms with Gasteiger partial charge in [0.25, 0.3) is 0 Å². The molecule has 3 nitrogen and oxygen atoms in total. The molecule has 0 radical (unpaired) electrons. The van der Waals surface area contributed by atoms with E-state index in [-0.39, 0.29) is 17.2 Å².